The number of nitrogens with two attached hydrogens (primary N) is 1. The van der Waals surface area contributed by atoms with Crippen molar-refractivity contribution in [2.75, 3.05) is 18.1 Å². The van der Waals surface area contributed by atoms with Crippen molar-refractivity contribution in [3.8, 4) is 0 Å². The normalized spacial score (nSPS) is 28.0. The van der Waals surface area contributed by atoms with Gasteiger partial charge in [-0.3, -0.25) is 14.4 Å². The predicted molar refractivity (Wildman–Crippen MR) is 94.7 cm³/mol. The van der Waals surface area contributed by atoms with Crippen LogP contribution >= 0.6 is 0 Å². The summed E-state index contributed by atoms with van der Waals surface area (Å²) < 4.78 is 4.92. The van der Waals surface area contributed by atoms with Crippen LogP contribution in [0.3, 0.4) is 0 Å². The number of ether oxygens (including phenoxy) is 1. The molecule has 2 unspecified atom stereocenters. The van der Waals surface area contributed by atoms with Crippen molar-refractivity contribution in [3.63, 3.8) is 0 Å². The van der Waals surface area contributed by atoms with E-state index in [2.05, 4.69) is 11.4 Å². The Morgan fingerprint density at radius 3 is 2.81 bits per heavy atom. The quantitative estimate of drug-likeness (QED) is 0.727. The predicted octanol–water partition coefficient (Wildman–Crippen LogP) is 0.0821. The molecular weight excluding hydrogens is 334 g/mol. The van der Waals surface area contributed by atoms with Gasteiger partial charge >= 0.3 is 5.97 Å². The lowest BCUT2D eigenvalue weighted by molar-refractivity contribution is -0.138. The van der Waals surface area contributed by atoms with Crippen molar-refractivity contribution in [3.05, 3.63) is 29.3 Å². The van der Waals surface area contributed by atoms with Crippen LogP contribution in [0.2, 0.25) is 0 Å². The number of rotatable bonds is 2. The molecule has 1 fully saturated rings. The molecular formula is C19H23N3O4. The van der Waals surface area contributed by atoms with Gasteiger partial charge in [0.1, 0.15) is 12.6 Å². The number of ketones is 1. The third kappa shape index (κ3) is 3.07. The molecule has 0 aromatic heterocycles. The van der Waals surface area contributed by atoms with Gasteiger partial charge in [0, 0.05) is 12.1 Å². The Morgan fingerprint density at radius 2 is 2.04 bits per heavy atom. The Hall–Kier alpha value is -2.41. The highest BCUT2D eigenvalue weighted by Gasteiger charge is 2.39. The molecule has 7 heteroatoms. The fraction of sp³-hybridized carbons (Fsp3) is 0.526. The molecule has 0 aliphatic carbocycles. The molecule has 3 aliphatic rings. The number of hydrogen-bond acceptors (Lipinski definition) is 6. The van der Waals surface area contributed by atoms with Gasteiger partial charge in [-0.1, -0.05) is 18.2 Å². The summed E-state index contributed by atoms with van der Waals surface area (Å²) in [4.78, 5) is 38.6. The van der Waals surface area contributed by atoms with Gasteiger partial charge in [0.05, 0.1) is 25.0 Å². The first-order valence-corrected chi connectivity index (χ1v) is 9.14. The summed E-state index contributed by atoms with van der Waals surface area (Å²) in [6.07, 6.45) is 3.11. The summed E-state index contributed by atoms with van der Waals surface area (Å²) in [5.74, 6) is -0.501. The molecule has 0 radical (unpaired) electrons. The Kier molecular flexibility index (Phi) is 4.40. The molecule has 0 bridgehead atoms. The average Bonchev–Trinajstić information content (AvgIpc) is 3.19. The maximum Gasteiger partial charge on any atom is 0.308 e. The molecule has 1 saturated heterocycles. The fourth-order valence-corrected chi connectivity index (χ4v) is 4.14. The van der Waals surface area contributed by atoms with Crippen LogP contribution in [0.5, 0.6) is 0 Å². The third-order valence-electron chi connectivity index (χ3n) is 5.49. The summed E-state index contributed by atoms with van der Waals surface area (Å²) >= 11 is 0. The number of para-hydroxylation sites is 1. The maximum absolute atomic E-state index is 12.9. The van der Waals surface area contributed by atoms with E-state index in [9.17, 15) is 14.4 Å². The number of amides is 1. The van der Waals surface area contributed by atoms with Gasteiger partial charge in [0.25, 0.3) is 0 Å². The first-order chi connectivity index (χ1) is 12.5. The Morgan fingerprint density at radius 1 is 1.23 bits per heavy atom. The number of cyclic esters (lactones) is 1. The van der Waals surface area contributed by atoms with E-state index in [0.717, 1.165) is 24.1 Å². The van der Waals surface area contributed by atoms with Crippen molar-refractivity contribution >= 4 is 23.3 Å². The molecule has 7 nitrogen and oxygen atoms in total. The van der Waals surface area contributed by atoms with Gasteiger partial charge in [0.15, 0.2) is 5.78 Å². The van der Waals surface area contributed by atoms with Crippen LogP contribution in [0.15, 0.2) is 18.2 Å². The largest absolute Gasteiger partial charge is 0.463 e. The summed E-state index contributed by atoms with van der Waals surface area (Å²) in [6.45, 7) is 0.350. The van der Waals surface area contributed by atoms with Gasteiger partial charge < -0.3 is 20.7 Å². The van der Waals surface area contributed by atoms with Crippen LogP contribution in [-0.4, -0.2) is 48.9 Å². The van der Waals surface area contributed by atoms with Crippen LogP contribution < -0.4 is 16.0 Å². The van der Waals surface area contributed by atoms with E-state index in [1.165, 1.54) is 5.56 Å². The zero-order valence-electron chi connectivity index (χ0n) is 14.6. The molecule has 138 valence electrons. The minimum Gasteiger partial charge on any atom is -0.463 e. The molecule has 3 aliphatic heterocycles. The number of aryl methyl sites for hydroxylation is 1. The highest BCUT2D eigenvalue weighted by atomic mass is 16.5. The second-order valence-electron chi connectivity index (χ2n) is 7.33. The van der Waals surface area contributed by atoms with E-state index < -0.39 is 12.1 Å². The number of benzene rings is 1. The number of nitrogens with one attached hydrogen (secondary N) is 1. The van der Waals surface area contributed by atoms with Crippen LogP contribution in [0.4, 0.5) is 5.69 Å². The zero-order chi connectivity index (χ0) is 18.3. The van der Waals surface area contributed by atoms with Gasteiger partial charge in [-0.05, 0) is 30.4 Å². The highest BCUT2D eigenvalue weighted by Crippen LogP contribution is 2.37. The van der Waals surface area contributed by atoms with Crippen molar-refractivity contribution in [2.24, 2.45) is 5.73 Å². The maximum atomic E-state index is 12.9. The van der Waals surface area contributed by atoms with Gasteiger partial charge in [-0.2, -0.15) is 0 Å². The molecule has 3 atom stereocenters. The van der Waals surface area contributed by atoms with E-state index in [-0.39, 0.29) is 43.3 Å². The minimum absolute atomic E-state index is 0.0354. The molecule has 1 aromatic carbocycles. The molecule has 1 aromatic rings. The summed E-state index contributed by atoms with van der Waals surface area (Å²) in [5, 5.41) is 2.90. The molecule has 4 rings (SSSR count). The number of carbonyl (C=O) groups is 3. The van der Waals surface area contributed by atoms with E-state index in [0.29, 0.717) is 12.8 Å². The van der Waals surface area contributed by atoms with Crippen molar-refractivity contribution in [1.82, 2.24) is 5.32 Å². The van der Waals surface area contributed by atoms with Crippen LogP contribution in [-0.2, 0) is 32.0 Å². The minimum atomic E-state index is -0.488. The second kappa shape index (κ2) is 6.72. The van der Waals surface area contributed by atoms with Crippen LogP contribution in [0.25, 0.3) is 0 Å². The molecule has 1 amide bonds. The average molecular weight is 357 g/mol. The SMILES string of the molecule is N[C@H]1CCCc2cccc3c2N(CC1=O)C(C(=O)NC1COC(=O)C1)C3. The molecule has 26 heavy (non-hydrogen) atoms. The summed E-state index contributed by atoms with van der Waals surface area (Å²) in [5.41, 5.74) is 9.29. The second-order valence-corrected chi connectivity index (χ2v) is 7.33. The topological polar surface area (TPSA) is 102 Å². The lowest BCUT2D eigenvalue weighted by Crippen LogP contribution is -2.51. The number of anilines is 1. The van der Waals surface area contributed by atoms with Crippen LogP contribution in [0.1, 0.15) is 30.4 Å². The van der Waals surface area contributed by atoms with Gasteiger partial charge in [-0.25, -0.2) is 0 Å². The van der Waals surface area contributed by atoms with Crippen molar-refractivity contribution in [2.45, 2.75) is 50.2 Å². The van der Waals surface area contributed by atoms with Crippen LogP contribution in [0, 0.1) is 0 Å². The van der Waals surface area contributed by atoms with E-state index in [1.807, 2.05) is 17.0 Å². The van der Waals surface area contributed by atoms with Crippen molar-refractivity contribution < 1.29 is 19.1 Å². The van der Waals surface area contributed by atoms with Gasteiger partial charge in [0.2, 0.25) is 5.91 Å². The molecule has 3 heterocycles. The Balaban J connectivity index is 1.61. The summed E-state index contributed by atoms with van der Waals surface area (Å²) in [6, 6.07) is 4.85. The Bertz CT molecular complexity index is 763. The van der Waals surface area contributed by atoms with E-state index >= 15 is 0 Å². The number of hydrogen-bond donors (Lipinski definition) is 2. The smallest absolute Gasteiger partial charge is 0.308 e. The molecule has 0 spiro atoms. The monoisotopic (exact) mass is 357 g/mol. The van der Waals surface area contributed by atoms with Crippen molar-refractivity contribution in [1.29, 1.82) is 0 Å². The lowest BCUT2D eigenvalue weighted by atomic mass is 10.0. The number of carbonyl (C=O) groups excluding carboxylic acids is 3. The van der Waals surface area contributed by atoms with Gasteiger partial charge in [-0.15, -0.1) is 0 Å². The fourth-order valence-electron chi connectivity index (χ4n) is 4.14. The molecule has 0 saturated carbocycles. The first kappa shape index (κ1) is 17.0. The third-order valence-corrected chi connectivity index (χ3v) is 5.49. The van der Waals surface area contributed by atoms with E-state index in [1.54, 1.807) is 0 Å². The number of esters is 1. The lowest BCUT2D eigenvalue weighted by Gasteiger charge is -2.28. The highest BCUT2D eigenvalue weighted by molar-refractivity contribution is 5.95. The zero-order valence-corrected chi connectivity index (χ0v) is 14.6. The first-order valence-electron chi connectivity index (χ1n) is 9.14. The van der Waals surface area contributed by atoms with E-state index in [4.69, 9.17) is 10.5 Å². The molecule has 3 N–H and O–H groups in total. The number of Topliss-reactive ketones (excluding diaryl/α,β-unsaturated/α-hetero) is 1. The number of nitrogens with zero attached hydrogens (tertiary/aromatic N) is 1. The standard InChI is InChI=1S/C19H23N3O4/c20-14-6-2-4-11-3-1-5-12-7-15(22(18(11)12)9-16(14)23)19(25)21-13-8-17(24)26-10-13/h1,3,5,13-15H,2,4,6-10,20H2,(H,21,25)/t13?,14-,15?/m0/s1. The Labute approximate surface area is 151 Å². The summed E-state index contributed by atoms with van der Waals surface area (Å²) in [7, 11) is 0.